The summed E-state index contributed by atoms with van der Waals surface area (Å²) in [5, 5.41) is 14.2. The maximum absolute atomic E-state index is 7.12. The lowest BCUT2D eigenvalue weighted by molar-refractivity contribution is 0.0773. The van der Waals surface area contributed by atoms with Gasteiger partial charge in [0.1, 0.15) is 6.79 Å². The standard InChI is InChI=1S/CH4O2.98H2O/c2-1-3;;;;;;;;;;;;;;;;;;;;;;;;;;;;;;;;;;;;;;;;;;;;;;;;;;;;;;;;;;;;;;;;;;;;;;;;;;;;;;;;;;;;;;;;;;;;;;;;;;/h2-3H,1H2;98*1H2. The highest BCUT2D eigenvalue weighted by Crippen LogP contribution is 1.17. The van der Waals surface area contributed by atoms with Crippen molar-refractivity contribution in [3.63, 3.8) is 0 Å². The van der Waals surface area contributed by atoms with Gasteiger partial charge in [0.2, 0.25) is 0 Å². The zero-order valence-corrected chi connectivity index (χ0v) is 50.6. The molecule has 0 rings (SSSR count). The summed E-state index contributed by atoms with van der Waals surface area (Å²) in [4.78, 5) is 0. The molecule has 100 nitrogen and oxygen atoms in total. The molecule has 101 heavy (non-hydrogen) atoms. The number of aliphatic hydroxyl groups is 2. The second kappa shape index (κ2) is 96300. The van der Waals surface area contributed by atoms with Gasteiger partial charge in [0, 0.05) is 0 Å². The van der Waals surface area contributed by atoms with Crippen LogP contribution in [0.5, 0.6) is 0 Å². The smallest absolute Gasteiger partial charge is 0.140 e. The van der Waals surface area contributed by atoms with Crippen molar-refractivity contribution in [2.75, 3.05) is 6.79 Å². The maximum Gasteiger partial charge on any atom is 0.140 e. The van der Waals surface area contributed by atoms with Gasteiger partial charge in [-0.05, 0) is 0 Å². The molecule has 0 aromatic rings. The van der Waals surface area contributed by atoms with Crippen molar-refractivity contribution in [1.82, 2.24) is 0 Å². The Morgan fingerprint density at radius 2 is 0.0495 bits per heavy atom. The molecule has 198 N–H and O–H groups in total. The first-order valence-electron chi connectivity index (χ1n) is 0.632. The number of rotatable bonds is 0. The van der Waals surface area contributed by atoms with E-state index in [1.54, 1.807) is 0 Å². The lowest BCUT2D eigenvalue weighted by Crippen LogP contribution is -1.66. The first kappa shape index (κ1) is 223000. The van der Waals surface area contributed by atoms with Gasteiger partial charge in [-0.1, -0.05) is 0 Å². The fourth-order valence-electron chi connectivity index (χ4n) is 0. The molecule has 100 heteroatoms. The molecule has 0 atom stereocenters. The van der Waals surface area contributed by atoms with Gasteiger partial charge in [0.05, 0.1) is 0 Å². The zero-order valence-electron chi connectivity index (χ0n) is 50.6. The molecule has 0 aliphatic carbocycles. The van der Waals surface area contributed by atoms with Crippen LogP contribution in [-0.4, -0.2) is 554 Å². The highest BCUT2D eigenvalue weighted by molar-refractivity contribution is 3.50. The lowest BCUT2D eigenvalue weighted by atomic mass is 11.6. The third-order valence-electron chi connectivity index (χ3n) is 0. The maximum atomic E-state index is 7.12. The normalized spacial score (nSPS) is 0.178. The van der Waals surface area contributed by atoms with E-state index in [9.17, 15) is 0 Å². The van der Waals surface area contributed by atoms with E-state index in [-0.39, 0.29) is 537 Å². The topological polar surface area (TPSA) is 3130 Å². The molecule has 0 aliphatic rings. The molecule has 804 valence electrons. The molecule has 0 bridgehead atoms. The second-order valence-corrected chi connectivity index (χ2v) is 0.141. The van der Waals surface area contributed by atoms with Gasteiger partial charge in [-0.25, -0.2) is 0 Å². The van der Waals surface area contributed by atoms with E-state index < -0.39 is 6.79 Å². The Morgan fingerprint density at radius 1 is 0.0495 bits per heavy atom. The molecule has 0 heterocycles. The molecule has 0 unspecified atom stereocenters. The van der Waals surface area contributed by atoms with E-state index in [0.29, 0.717) is 0 Å². The summed E-state index contributed by atoms with van der Waals surface area (Å²) in [5.41, 5.74) is 0. The van der Waals surface area contributed by atoms with Crippen molar-refractivity contribution < 1.29 is 547 Å². The predicted octanol–water partition coefficient (Wildman–Crippen LogP) is -81.9. The Kier molecular flexibility index (Phi) is 213000000. The molecule has 0 spiro atoms. The van der Waals surface area contributed by atoms with E-state index in [2.05, 4.69) is 0 Å². The second-order valence-electron chi connectivity index (χ2n) is 0.141. The summed E-state index contributed by atoms with van der Waals surface area (Å²) >= 11 is 0. The van der Waals surface area contributed by atoms with Gasteiger partial charge in [-0.2, -0.15) is 0 Å². The van der Waals surface area contributed by atoms with Crippen LogP contribution in [-0.2, 0) is 0 Å². The van der Waals surface area contributed by atoms with Crippen molar-refractivity contribution in [3.8, 4) is 0 Å². The first-order valence-corrected chi connectivity index (χ1v) is 0.632. The average molecular weight is 1810 g/mol. The van der Waals surface area contributed by atoms with Crippen LogP contribution in [0.15, 0.2) is 0 Å². The molecular formula is CH200O100. The highest BCUT2D eigenvalue weighted by Gasteiger charge is 1.32. The minimum Gasteiger partial charge on any atom is -0.412 e. The molecule has 0 radical (unpaired) electrons. The lowest BCUT2D eigenvalue weighted by Gasteiger charge is -1.55. The van der Waals surface area contributed by atoms with E-state index in [4.69, 9.17) is 10.2 Å². The predicted molar refractivity (Wildman–Crippen MR) is 363 cm³/mol. The molecule has 0 aliphatic heterocycles. The van der Waals surface area contributed by atoms with Crippen LogP contribution in [0.4, 0.5) is 0 Å². The molecule has 0 amide bonds. The largest absolute Gasteiger partial charge is 0.412 e. The Labute approximate surface area is 555 Å². The van der Waals surface area contributed by atoms with Gasteiger partial charge in [-0.15, -0.1) is 0 Å². The zero-order chi connectivity index (χ0) is 2.71. The summed E-state index contributed by atoms with van der Waals surface area (Å²) in [6.45, 7) is -0.750. The van der Waals surface area contributed by atoms with E-state index in [0.717, 1.165) is 0 Å². The fourth-order valence-corrected chi connectivity index (χ4v) is 0. The van der Waals surface area contributed by atoms with Crippen LogP contribution in [0.2, 0.25) is 0 Å². The van der Waals surface area contributed by atoms with Gasteiger partial charge in [0.15, 0.2) is 0 Å². The van der Waals surface area contributed by atoms with Crippen molar-refractivity contribution in [3.05, 3.63) is 0 Å². The SMILES string of the molecule is O.O.O.O.O.O.O.O.O.O.O.O.O.O.O.O.O.O.O.O.O.O.O.O.O.O.O.O.O.O.O.O.O.O.O.O.O.O.O.O.O.O.O.O.O.O.O.O.O.O.O.O.O.O.O.O.O.O.O.O.O.O.O.O.O.O.O.O.O.O.O.O.O.O.O.O.O.O.O.O.O.O.O.O.O.O.O.O.O.O.O.O.O.O.O.O.O.O.OCO. The summed E-state index contributed by atoms with van der Waals surface area (Å²) in [7, 11) is 0. The molecular weight excluding hydrogens is 1610 g/mol. The minimum absolute atomic E-state index is 0. The number of hydrogen-bond acceptors (Lipinski definition) is 2. The molecule has 0 aromatic carbocycles. The van der Waals surface area contributed by atoms with Crippen LogP contribution in [0.1, 0.15) is 0 Å². The summed E-state index contributed by atoms with van der Waals surface area (Å²) < 4.78 is 0. The van der Waals surface area contributed by atoms with Crippen molar-refractivity contribution in [2.45, 2.75) is 0 Å². The van der Waals surface area contributed by atoms with E-state index in [1.165, 1.54) is 0 Å². The minimum atomic E-state index is -0.750. The van der Waals surface area contributed by atoms with Crippen LogP contribution >= 0.6 is 0 Å². The monoisotopic (exact) mass is 1810 g/mol. The van der Waals surface area contributed by atoms with Crippen LogP contribution < -0.4 is 0 Å². The van der Waals surface area contributed by atoms with Crippen molar-refractivity contribution in [2.24, 2.45) is 0 Å². The molecule has 0 fully saturated rings. The Hall–Kier alpha value is -4.00. The Bertz CT molecular complexity index is 8.09. The van der Waals surface area contributed by atoms with Gasteiger partial charge in [-0.3, -0.25) is 0 Å². The first-order chi connectivity index (χ1) is 1.41. The van der Waals surface area contributed by atoms with Crippen LogP contribution in [0.25, 0.3) is 0 Å². The van der Waals surface area contributed by atoms with E-state index in [1.807, 2.05) is 0 Å². The summed E-state index contributed by atoms with van der Waals surface area (Å²) in [6, 6.07) is 0. The van der Waals surface area contributed by atoms with Crippen molar-refractivity contribution >= 4 is 0 Å². The average Bonchev–Trinajstić information content (AvgIpc) is 0.918. The molecule has 0 aromatic heterocycles. The third kappa shape index (κ3) is 53000. The quantitative estimate of drug-likeness (QED) is 0.223. The Morgan fingerprint density at radius 3 is 0.0495 bits per heavy atom. The van der Waals surface area contributed by atoms with E-state index >= 15 is 0 Å². The van der Waals surface area contributed by atoms with Crippen molar-refractivity contribution in [1.29, 1.82) is 0 Å². The summed E-state index contributed by atoms with van der Waals surface area (Å²) in [6.07, 6.45) is 0. The summed E-state index contributed by atoms with van der Waals surface area (Å²) in [5.74, 6) is 0. The number of hydrogen-bond donors (Lipinski definition) is 2. The fraction of sp³-hybridized carbons (Fsp3) is 1.00. The van der Waals surface area contributed by atoms with Gasteiger partial charge in [0.25, 0.3) is 0 Å². The van der Waals surface area contributed by atoms with Gasteiger partial charge < -0.3 is 547 Å². The van der Waals surface area contributed by atoms with Crippen LogP contribution in [0, 0.1) is 0 Å². The number of aliphatic hydroxyl groups excluding tert-OH is 1. The van der Waals surface area contributed by atoms with Gasteiger partial charge >= 0.3 is 0 Å². The Balaban J connectivity index is -0.00000000000421. The molecule has 0 saturated carbocycles. The molecule has 0 saturated heterocycles. The van der Waals surface area contributed by atoms with Crippen LogP contribution in [0.3, 0.4) is 0 Å². The third-order valence-corrected chi connectivity index (χ3v) is 0. The highest BCUT2D eigenvalue weighted by atomic mass is 16.5.